The van der Waals surface area contributed by atoms with Crippen LogP contribution >= 0.6 is 0 Å². The quantitative estimate of drug-likeness (QED) is 0.400. The van der Waals surface area contributed by atoms with Gasteiger partial charge in [-0.2, -0.15) is 0 Å². The van der Waals surface area contributed by atoms with Gasteiger partial charge in [0.2, 0.25) is 11.8 Å². The average Bonchev–Trinajstić information content (AvgIpc) is 3.62. The average molecular weight is 647 g/mol. The molecule has 10 heteroatoms. The zero-order valence-electron chi connectivity index (χ0n) is 28.1. The molecule has 8 atom stereocenters. The number of rotatable bonds is 4. The smallest absolute Gasteiger partial charge is 0.408 e. The normalized spacial score (nSPS) is 34.1. The molecule has 3 aliphatic carbocycles. The van der Waals surface area contributed by atoms with E-state index in [4.69, 9.17) is 24.2 Å². The van der Waals surface area contributed by atoms with Crippen LogP contribution in [-0.2, 0) is 20.7 Å². The second kappa shape index (κ2) is 13.2. The maximum atomic E-state index is 14.7. The number of methoxy groups -OCH3 is 1. The van der Waals surface area contributed by atoms with E-state index in [1.165, 1.54) is 6.42 Å². The zero-order chi connectivity index (χ0) is 32.7. The summed E-state index contributed by atoms with van der Waals surface area (Å²) in [7, 11) is 1.63. The first kappa shape index (κ1) is 32.1. The number of hydrogen-bond acceptors (Lipinski definition) is 8. The topological polar surface area (TPSA) is 120 Å². The van der Waals surface area contributed by atoms with E-state index in [0.717, 1.165) is 81.7 Å². The summed E-state index contributed by atoms with van der Waals surface area (Å²) in [5.41, 5.74) is 1.82. The van der Waals surface area contributed by atoms with Crippen LogP contribution in [0.4, 0.5) is 4.79 Å². The molecule has 2 aliphatic heterocycles. The second-order valence-electron chi connectivity index (χ2n) is 15.1. The number of amides is 2. The Morgan fingerprint density at radius 1 is 1.00 bits per heavy atom. The Kier molecular flexibility index (Phi) is 9.04. The van der Waals surface area contributed by atoms with Crippen molar-refractivity contribution in [1.29, 1.82) is 0 Å². The minimum Gasteiger partial charge on any atom is -0.497 e. The van der Waals surface area contributed by atoms with Crippen molar-refractivity contribution in [2.45, 2.75) is 122 Å². The van der Waals surface area contributed by atoms with Gasteiger partial charge < -0.3 is 29.2 Å². The fraction of sp³-hybridized carbons (Fsp3) is 0.703. The number of carbonyl (C=O) groups is 3. The Hall–Kier alpha value is -3.43. The molecule has 7 rings (SSSR count). The SMILES string of the molecule is CC[C@@H]1[C@@H]2CN(C(=O)[C@H](C3(C)CCCCC3)NC(=O)O[C@@H]3CC4CC4[C@H]3CCCCCc3nc4ccc(OC)cc4nc3O2)[C@@H]1C=O. The summed E-state index contributed by atoms with van der Waals surface area (Å²) in [6, 6.07) is 4.21. The monoisotopic (exact) mass is 646 g/mol. The fourth-order valence-corrected chi connectivity index (χ4v) is 9.36. The van der Waals surface area contributed by atoms with E-state index in [1.54, 1.807) is 12.0 Å². The summed E-state index contributed by atoms with van der Waals surface area (Å²) in [4.78, 5) is 52.6. The Bertz CT molecular complexity index is 1490. The van der Waals surface area contributed by atoms with Crippen LogP contribution in [0.2, 0.25) is 0 Å². The Morgan fingerprint density at radius 3 is 2.57 bits per heavy atom. The maximum absolute atomic E-state index is 14.7. The highest BCUT2D eigenvalue weighted by Gasteiger charge is 2.55. The summed E-state index contributed by atoms with van der Waals surface area (Å²) in [5.74, 6) is 2.34. The van der Waals surface area contributed by atoms with E-state index in [0.29, 0.717) is 47.7 Å². The molecule has 1 saturated heterocycles. The van der Waals surface area contributed by atoms with Gasteiger partial charge >= 0.3 is 6.09 Å². The number of nitrogens with zero attached hydrogens (tertiary/aromatic N) is 3. The molecule has 47 heavy (non-hydrogen) atoms. The van der Waals surface area contributed by atoms with Gasteiger partial charge in [0.05, 0.1) is 30.7 Å². The van der Waals surface area contributed by atoms with Crippen LogP contribution in [0.5, 0.6) is 11.6 Å². The molecule has 3 heterocycles. The number of aryl methyl sites for hydroxylation is 1. The third-order valence-electron chi connectivity index (χ3n) is 12.2. The zero-order valence-corrected chi connectivity index (χ0v) is 28.1. The number of fused-ring (bicyclic) bond motifs is 7. The van der Waals surface area contributed by atoms with Crippen LogP contribution in [0.15, 0.2) is 18.2 Å². The molecule has 3 saturated carbocycles. The van der Waals surface area contributed by atoms with Crippen molar-refractivity contribution in [1.82, 2.24) is 20.2 Å². The van der Waals surface area contributed by atoms with Crippen LogP contribution in [0.1, 0.15) is 96.6 Å². The van der Waals surface area contributed by atoms with Crippen molar-refractivity contribution in [2.75, 3.05) is 13.7 Å². The van der Waals surface area contributed by atoms with Gasteiger partial charge in [0.15, 0.2) is 0 Å². The van der Waals surface area contributed by atoms with Crippen LogP contribution in [0.25, 0.3) is 11.0 Å². The van der Waals surface area contributed by atoms with E-state index in [9.17, 15) is 14.4 Å². The van der Waals surface area contributed by atoms with Gasteiger partial charge in [-0.05, 0) is 86.7 Å². The molecule has 0 spiro atoms. The summed E-state index contributed by atoms with van der Waals surface area (Å²) in [5, 5.41) is 3.09. The van der Waals surface area contributed by atoms with E-state index >= 15 is 0 Å². The third-order valence-corrected chi connectivity index (χ3v) is 12.2. The largest absolute Gasteiger partial charge is 0.497 e. The maximum Gasteiger partial charge on any atom is 0.408 e. The molecule has 0 radical (unpaired) electrons. The molecule has 10 nitrogen and oxygen atoms in total. The highest BCUT2D eigenvalue weighted by atomic mass is 16.6. The van der Waals surface area contributed by atoms with Crippen molar-refractivity contribution < 1.29 is 28.6 Å². The molecule has 2 aromatic rings. The lowest BCUT2D eigenvalue weighted by Crippen LogP contribution is -2.58. The van der Waals surface area contributed by atoms with Crippen LogP contribution < -0.4 is 14.8 Å². The van der Waals surface area contributed by atoms with Gasteiger partial charge in [-0.1, -0.05) is 46.0 Å². The van der Waals surface area contributed by atoms with Crippen molar-refractivity contribution >= 4 is 29.3 Å². The predicted molar refractivity (Wildman–Crippen MR) is 176 cm³/mol. The molecular weight excluding hydrogens is 596 g/mol. The van der Waals surface area contributed by atoms with Gasteiger partial charge in [-0.3, -0.25) is 4.79 Å². The number of alkyl carbamates (subject to hydrolysis) is 1. The predicted octanol–water partition coefficient (Wildman–Crippen LogP) is 6.03. The first-order chi connectivity index (χ1) is 22.8. The number of aromatic nitrogens is 2. The minimum absolute atomic E-state index is 0.112. The molecule has 254 valence electrons. The van der Waals surface area contributed by atoms with E-state index in [2.05, 4.69) is 12.2 Å². The molecule has 2 unspecified atom stereocenters. The van der Waals surface area contributed by atoms with Crippen molar-refractivity contribution in [3.8, 4) is 11.6 Å². The lowest BCUT2D eigenvalue weighted by Gasteiger charge is -2.42. The second-order valence-corrected chi connectivity index (χ2v) is 15.1. The molecule has 5 aliphatic rings. The fourth-order valence-electron chi connectivity index (χ4n) is 9.36. The Labute approximate surface area is 277 Å². The van der Waals surface area contributed by atoms with Gasteiger partial charge in [0, 0.05) is 12.0 Å². The molecular formula is C37H50N4O6. The highest BCUT2D eigenvalue weighted by Crippen LogP contribution is 2.57. The van der Waals surface area contributed by atoms with Gasteiger partial charge in [0.1, 0.15) is 36.0 Å². The molecule has 1 aromatic carbocycles. The number of ether oxygens (including phenoxy) is 3. The van der Waals surface area contributed by atoms with Crippen molar-refractivity contribution in [2.24, 2.45) is 29.1 Å². The van der Waals surface area contributed by atoms with E-state index in [-0.39, 0.29) is 24.5 Å². The number of aldehydes is 1. The first-order valence-electron chi connectivity index (χ1n) is 18.1. The number of nitrogens with one attached hydrogen (secondary N) is 1. The lowest BCUT2D eigenvalue weighted by molar-refractivity contribution is -0.140. The Balaban J connectivity index is 1.25. The summed E-state index contributed by atoms with van der Waals surface area (Å²) >= 11 is 0. The van der Waals surface area contributed by atoms with Gasteiger partial charge in [-0.15, -0.1) is 0 Å². The van der Waals surface area contributed by atoms with Gasteiger partial charge in [-0.25, -0.2) is 14.8 Å². The van der Waals surface area contributed by atoms with E-state index in [1.807, 2.05) is 25.1 Å². The summed E-state index contributed by atoms with van der Waals surface area (Å²) in [6.07, 6.45) is 12.1. The molecule has 4 fully saturated rings. The standard InChI is InChI=1S/C37H50N4O6/c1-4-24-30(21-42)41-20-32(24)46-34-28(38-27-14-13-23(45-3)19-29(27)39-34)12-8-5-7-11-25-26-17-22(26)18-31(25)47-36(44)40-33(35(41)43)37(2)15-9-6-10-16-37/h13-14,19,21-22,24-26,30-33H,4-12,15-18,20H2,1-3H3,(H,40,44)/t22?,24-,25+,26?,30+,31+,32-,33+/m0/s1. The summed E-state index contributed by atoms with van der Waals surface area (Å²) < 4.78 is 18.3. The molecule has 2 bridgehead atoms. The van der Waals surface area contributed by atoms with Crippen LogP contribution in [-0.4, -0.2) is 71.1 Å². The van der Waals surface area contributed by atoms with Gasteiger partial charge in [0.25, 0.3) is 0 Å². The molecule has 1 aromatic heterocycles. The molecule has 2 amide bonds. The van der Waals surface area contributed by atoms with Crippen LogP contribution in [0, 0.1) is 29.1 Å². The Morgan fingerprint density at radius 2 is 1.81 bits per heavy atom. The summed E-state index contributed by atoms with van der Waals surface area (Å²) in [6.45, 7) is 4.36. The number of benzene rings is 1. The first-order valence-corrected chi connectivity index (χ1v) is 18.1. The van der Waals surface area contributed by atoms with Crippen LogP contribution in [0.3, 0.4) is 0 Å². The van der Waals surface area contributed by atoms with Crippen molar-refractivity contribution in [3.63, 3.8) is 0 Å². The highest BCUT2D eigenvalue weighted by molar-refractivity contribution is 5.89. The lowest BCUT2D eigenvalue weighted by atomic mass is 9.70. The minimum atomic E-state index is -0.786. The molecule has 1 N–H and O–H groups in total. The van der Waals surface area contributed by atoms with E-state index < -0.39 is 29.7 Å². The number of carbonyl (C=O) groups excluding carboxylic acids is 3. The third kappa shape index (κ3) is 6.29. The number of hydrogen-bond donors (Lipinski definition) is 1. The van der Waals surface area contributed by atoms with Crippen molar-refractivity contribution in [3.05, 3.63) is 23.9 Å².